The molecule has 0 amide bonds. The highest BCUT2D eigenvalue weighted by molar-refractivity contribution is 7.98. The number of fused-ring (bicyclic) bond motifs is 2. The number of imidazole rings is 1. The van der Waals surface area contributed by atoms with E-state index in [2.05, 4.69) is 19.5 Å². The average Bonchev–Trinajstić information content (AvgIpc) is 3.08. The van der Waals surface area contributed by atoms with Crippen molar-refractivity contribution in [2.45, 2.75) is 29.8 Å². The highest BCUT2D eigenvalue weighted by atomic mass is 32.2. The Morgan fingerprint density at radius 3 is 2.85 bits per heavy atom. The zero-order valence-electron chi connectivity index (χ0n) is 13.6. The molecule has 26 heavy (non-hydrogen) atoms. The molecule has 0 saturated heterocycles. The molecule has 6 N–H and O–H groups in total. The maximum Gasteiger partial charge on any atom is 0.469 e. The highest BCUT2D eigenvalue weighted by Gasteiger charge is 2.72. The standard InChI is InChI=1S/C13H18N5O6PS/c1-26-12-16-10(14)6-11(17-12)18(4-15-6)7-5-2-13(5,9(20)8(7)19)3-24-25(21,22)23/h4-5,7-9,19-20H,2-3H2,1H3,(H2,14,16,17)(H2,21,22,23)/t5-,7-,8+,9+,13+/m1/s1. The summed E-state index contributed by atoms with van der Waals surface area (Å²) in [5.41, 5.74) is 5.85. The summed E-state index contributed by atoms with van der Waals surface area (Å²) in [5.74, 6) is -0.0107. The summed E-state index contributed by atoms with van der Waals surface area (Å²) < 4.78 is 17.3. The molecule has 0 aromatic carbocycles. The molecule has 4 rings (SSSR count). The van der Waals surface area contributed by atoms with Gasteiger partial charge in [-0.3, -0.25) is 4.52 Å². The van der Waals surface area contributed by atoms with Crippen molar-refractivity contribution in [3.05, 3.63) is 6.33 Å². The van der Waals surface area contributed by atoms with E-state index in [1.807, 2.05) is 0 Å². The monoisotopic (exact) mass is 403 g/mol. The molecule has 5 atom stereocenters. The van der Waals surface area contributed by atoms with E-state index in [4.69, 9.17) is 15.5 Å². The van der Waals surface area contributed by atoms with Crippen molar-refractivity contribution in [1.82, 2.24) is 19.5 Å². The van der Waals surface area contributed by atoms with Gasteiger partial charge in [-0.25, -0.2) is 19.5 Å². The largest absolute Gasteiger partial charge is 0.469 e. The van der Waals surface area contributed by atoms with Crippen LogP contribution < -0.4 is 5.73 Å². The highest BCUT2D eigenvalue weighted by Crippen LogP contribution is 2.68. The lowest BCUT2D eigenvalue weighted by atomic mass is 10.0. The predicted octanol–water partition coefficient (Wildman–Crippen LogP) is -0.477. The third-order valence-electron chi connectivity index (χ3n) is 5.29. The number of nitrogens with two attached hydrogens (primary N) is 1. The normalized spacial score (nSPS) is 33.6. The first-order valence-electron chi connectivity index (χ1n) is 7.78. The van der Waals surface area contributed by atoms with Gasteiger partial charge in [0.2, 0.25) is 0 Å². The Morgan fingerprint density at radius 2 is 2.19 bits per heavy atom. The minimum Gasteiger partial charge on any atom is -0.390 e. The van der Waals surface area contributed by atoms with Crippen LogP contribution in [0, 0.1) is 11.3 Å². The van der Waals surface area contributed by atoms with E-state index in [-0.39, 0.29) is 18.3 Å². The number of hydrogen-bond donors (Lipinski definition) is 5. The van der Waals surface area contributed by atoms with Crippen LogP contribution >= 0.6 is 19.6 Å². The zero-order valence-corrected chi connectivity index (χ0v) is 15.3. The molecule has 0 unspecified atom stereocenters. The minimum atomic E-state index is -4.67. The van der Waals surface area contributed by atoms with Gasteiger partial charge in [0.05, 0.1) is 25.1 Å². The van der Waals surface area contributed by atoms with Crippen LogP contribution in [0.25, 0.3) is 11.2 Å². The Bertz CT molecular complexity index is 920. The summed E-state index contributed by atoms with van der Waals surface area (Å²) in [6.07, 6.45) is 1.42. The average molecular weight is 403 g/mol. The van der Waals surface area contributed by atoms with Crippen LogP contribution in [-0.4, -0.2) is 64.6 Å². The lowest BCUT2D eigenvalue weighted by Crippen LogP contribution is -2.35. The molecule has 0 aliphatic heterocycles. The first kappa shape index (κ1) is 18.1. The molecule has 142 valence electrons. The second-order valence-electron chi connectivity index (χ2n) is 6.65. The van der Waals surface area contributed by atoms with Crippen molar-refractivity contribution in [1.29, 1.82) is 0 Å². The fourth-order valence-corrected chi connectivity index (χ4v) is 4.73. The Kier molecular flexibility index (Phi) is 4.08. The number of aliphatic hydroxyl groups excluding tert-OH is 2. The molecule has 2 aromatic heterocycles. The van der Waals surface area contributed by atoms with Gasteiger partial charge in [-0.15, -0.1) is 0 Å². The number of aliphatic hydroxyl groups is 2. The fraction of sp³-hybridized carbons (Fsp3) is 0.615. The first-order chi connectivity index (χ1) is 12.2. The van der Waals surface area contributed by atoms with E-state index < -0.39 is 31.5 Å². The van der Waals surface area contributed by atoms with Crippen LogP contribution in [0.4, 0.5) is 5.82 Å². The van der Waals surface area contributed by atoms with Crippen molar-refractivity contribution < 1.29 is 29.1 Å². The topological polar surface area (TPSA) is 177 Å². The Balaban J connectivity index is 1.70. The van der Waals surface area contributed by atoms with Crippen molar-refractivity contribution in [2.75, 3.05) is 18.6 Å². The smallest absolute Gasteiger partial charge is 0.390 e. The van der Waals surface area contributed by atoms with Gasteiger partial charge in [-0.1, -0.05) is 11.8 Å². The summed E-state index contributed by atoms with van der Waals surface area (Å²) in [7, 11) is -4.67. The molecule has 2 fully saturated rings. The number of nitrogen functional groups attached to an aromatic ring is 1. The van der Waals surface area contributed by atoms with E-state index in [1.165, 1.54) is 18.1 Å². The van der Waals surface area contributed by atoms with Crippen LogP contribution in [0.3, 0.4) is 0 Å². The molecule has 2 heterocycles. The number of rotatable bonds is 5. The summed E-state index contributed by atoms with van der Waals surface area (Å²) in [5, 5.41) is 21.5. The van der Waals surface area contributed by atoms with Gasteiger partial charge in [0.1, 0.15) is 11.6 Å². The van der Waals surface area contributed by atoms with Gasteiger partial charge in [-0.05, 0) is 18.6 Å². The lowest BCUT2D eigenvalue weighted by Gasteiger charge is -2.24. The van der Waals surface area contributed by atoms with Crippen LogP contribution in [0.2, 0.25) is 0 Å². The lowest BCUT2D eigenvalue weighted by molar-refractivity contribution is -0.0297. The van der Waals surface area contributed by atoms with Gasteiger partial charge >= 0.3 is 7.82 Å². The molecular weight excluding hydrogens is 385 g/mol. The second-order valence-corrected chi connectivity index (χ2v) is 8.67. The molecule has 0 radical (unpaired) electrons. The van der Waals surface area contributed by atoms with Crippen LogP contribution in [0.5, 0.6) is 0 Å². The number of hydrogen-bond acceptors (Lipinski definition) is 9. The molecule has 2 aliphatic carbocycles. The van der Waals surface area contributed by atoms with Crippen molar-refractivity contribution in [3.63, 3.8) is 0 Å². The molecule has 2 aromatic rings. The Labute approximate surface area is 151 Å². The molecule has 0 spiro atoms. The molecule has 11 nitrogen and oxygen atoms in total. The quantitative estimate of drug-likeness (QED) is 0.247. The van der Waals surface area contributed by atoms with E-state index in [0.717, 1.165) is 0 Å². The predicted molar refractivity (Wildman–Crippen MR) is 91.1 cm³/mol. The zero-order chi connectivity index (χ0) is 18.9. The van der Waals surface area contributed by atoms with Crippen LogP contribution in [0.1, 0.15) is 12.5 Å². The first-order valence-corrected chi connectivity index (χ1v) is 10.5. The van der Waals surface area contributed by atoms with E-state index in [0.29, 0.717) is 22.7 Å². The number of thioether (sulfide) groups is 1. The minimum absolute atomic E-state index is 0.220. The van der Waals surface area contributed by atoms with E-state index in [9.17, 15) is 14.8 Å². The number of nitrogens with zero attached hydrogens (tertiary/aromatic N) is 4. The van der Waals surface area contributed by atoms with Crippen molar-refractivity contribution >= 4 is 36.6 Å². The fourth-order valence-electron chi connectivity index (χ4n) is 3.96. The van der Waals surface area contributed by atoms with Gasteiger partial charge in [0.15, 0.2) is 16.6 Å². The molecular formula is C13H18N5O6PS. The van der Waals surface area contributed by atoms with Gasteiger partial charge in [0.25, 0.3) is 0 Å². The van der Waals surface area contributed by atoms with Crippen LogP contribution in [-0.2, 0) is 9.09 Å². The van der Waals surface area contributed by atoms with Gasteiger partial charge < -0.3 is 30.3 Å². The number of phosphoric acid groups is 1. The van der Waals surface area contributed by atoms with Crippen LogP contribution in [0.15, 0.2) is 11.5 Å². The number of anilines is 1. The maximum atomic E-state index is 11.0. The maximum absolute atomic E-state index is 11.0. The SMILES string of the molecule is CSc1nc(N)c2ncn([C@H]3[C@H](O)[C@H](O)[C@]4(COP(=O)(O)O)C[C@H]34)c2n1. The summed E-state index contributed by atoms with van der Waals surface area (Å²) >= 11 is 1.31. The van der Waals surface area contributed by atoms with Crippen molar-refractivity contribution in [2.24, 2.45) is 11.3 Å². The van der Waals surface area contributed by atoms with E-state index in [1.54, 1.807) is 10.8 Å². The Morgan fingerprint density at radius 1 is 1.46 bits per heavy atom. The summed E-state index contributed by atoms with van der Waals surface area (Å²) in [4.78, 5) is 30.6. The summed E-state index contributed by atoms with van der Waals surface area (Å²) in [6.45, 7) is -0.337. The van der Waals surface area contributed by atoms with E-state index >= 15 is 0 Å². The van der Waals surface area contributed by atoms with Gasteiger partial charge in [0, 0.05) is 5.41 Å². The second kappa shape index (κ2) is 5.86. The van der Waals surface area contributed by atoms with Gasteiger partial charge in [-0.2, -0.15) is 0 Å². The molecule has 0 bridgehead atoms. The molecule has 2 saturated carbocycles. The summed E-state index contributed by atoms with van der Waals surface area (Å²) in [6, 6.07) is -0.556. The third kappa shape index (κ3) is 2.64. The van der Waals surface area contributed by atoms with Crippen molar-refractivity contribution in [3.8, 4) is 0 Å². The Hall–Kier alpha value is -1.27. The molecule has 2 aliphatic rings. The number of aromatic nitrogens is 4. The number of phosphoric ester groups is 1. The molecule has 13 heteroatoms. The third-order valence-corrected chi connectivity index (χ3v) is 6.30.